The van der Waals surface area contributed by atoms with Gasteiger partial charge >= 0.3 is 0 Å². The summed E-state index contributed by atoms with van der Waals surface area (Å²) in [5, 5.41) is 0. The number of nitrogens with one attached hydrogen (secondary N) is 1. The molecule has 0 saturated carbocycles. The fourth-order valence-electron chi connectivity index (χ4n) is 3.65. The van der Waals surface area contributed by atoms with Crippen LogP contribution in [-0.4, -0.2) is 42.8 Å². The van der Waals surface area contributed by atoms with Gasteiger partial charge in [-0.25, -0.2) is 9.37 Å². The quantitative estimate of drug-likeness (QED) is 0.773. The average molecular weight is 355 g/mol. The minimum Gasteiger partial charge on any atom is -0.497 e. The molecule has 1 saturated heterocycles. The number of methoxy groups -OCH3 is 1. The summed E-state index contributed by atoms with van der Waals surface area (Å²) < 4.78 is 20.6. The molecule has 2 aromatic carbocycles. The van der Waals surface area contributed by atoms with E-state index in [0.717, 1.165) is 61.0 Å². The number of nitrogens with zero attached hydrogens (tertiary/aromatic N) is 3. The predicted octanol–water partition coefficient (Wildman–Crippen LogP) is 1.63. The van der Waals surface area contributed by atoms with E-state index in [2.05, 4.69) is 22.6 Å². The Hall–Kier alpha value is -2.60. The first-order chi connectivity index (χ1) is 12.6. The highest BCUT2D eigenvalue weighted by atomic mass is 19.1. The Morgan fingerprint density at radius 3 is 2.54 bits per heavy atom. The van der Waals surface area contributed by atoms with E-state index in [1.54, 1.807) is 7.11 Å². The van der Waals surface area contributed by atoms with Crippen molar-refractivity contribution in [3.8, 4) is 5.75 Å². The lowest BCUT2D eigenvalue weighted by atomic mass is 10.2. The molecule has 0 aliphatic carbocycles. The number of imidazole rings is 1. The zero-order chi connectivity index (χ0) is 18.1. The number of anilines is 1. The maximum absolute atomic E-state index is 13.1. The van der Waals surface area contributed by atoms with E-state index in [9.17, 15) is 4.39 Å². The van der Waals surface area contributed by atoms with Gasteiger partial charge in [0, 0.05) is 18.8 Å². The lowest BCUT2D eigenvalue weighted by molar-refractivity contribution is -0.915. The van der Waals surface area contributed by atoms with Crippen molar-refractivity contribution in [1.29, 1.82) is 0 Å². The van der Waals surface area contributed by atoms with E-state index >= 15 is 0 Å². The number of hydrogen-bond donors (Lipinski definition) is 1. The molecule has 2 heterocycles. The summed E-state index contributed by atoms with van der Waals surface area (Å²) in [5.41, 5.74) is 3.21. The van der Waals surface area contributed by atoms with E-state index in [1.165, 1.54) is 17.0 Å². The Labute approximate surface area is 152 Å². The van der Waals surface area contributed by atoms with E-state index in [4.69, 9.17) is 9.72 Å². The Morgan fingerprint density at radius 2 is 1.85 bits per heavy atom. The van der Waals surface area contributed by atoms with Gasteiger partial charge in [0.1, 0.15) is 18.1 Å². The van der Waals surface area contributed by atoms with Crippen molar-refractivity contribution in [2.24, 2.45) is 7.05 Å². The molecule has 1 N–H and O–H groups in total. The second kappa shape index (κ2) is 6.96. The molecule has 26 heavy (non-hydrogen) atoms. The maximum Gasteiger partial charge on any atom is 0.165 e. The van der Waals surface area contributed by atoms with Gasteiger partial charge in [-0.3, -0.25) is 0 Å². The summed E-state index contributed by atoms with van der Waals surface area (Å²) in [6, 6.07) is 12.8. The minimum atomic E-state index is -0.184. The topological polar surface area (TPSA) is 34.7 Å². The molecule has 1 aromatic heterocycles. The van der Waals surface area contributed by atoms with Crippen molar-refractivity contribution in [2.75, 3.05) is 38.2 Å². The maximum atomic E-state index is 13.1. The van der Waals surface area contributed by atoms with Crippen LogP contribution in [0, 0.1) is 5.82 Å². The van der Waals surface area contributed by atoms with Gasteiger partial charge in [0.25, 0.3) is 0 Å². The van der Waals surface area contributed by atoms with E-state index in [0.29, 0.717) is 0 Å². The van der Waals surface area contributed by atoms with Crippen LogP contribution in [0.5, 0.6) is 5.75 Å². The normalized spacial score (nSPS) is 15.6. The molecule has 1 aliphatic heterocycles. The molecular weight excluding hydrogens is 331 g/mol. The first-order valence-corrected chi connectivity index (χ1v) is 8.97. The molecule has 136 valence electrons. The van der Waals surface area contributed by atoms with Crippen LogP contribution < -0.4 is 14.5 Å². The van der Waals surface area contributed by atoms with Crippen molar-refractivity contribution in [2.45, 2.75) is 6.54 Å². The molecular formula is C20H24FN4O+. The molecule has 0 unspecified atom stereocenters. The van der Waals surface area contributed by atoms with Gasteiger partial charge in [-0.1, -0.05) is 0 Å². The number of ether oxygens (including phenoxy) is 1. The molecule has 0 spiro atoms. The molecule has 3 aromatic rings. The smallest absolute Gasteiger partial charge is 0.165 e. The molecule has 1 aliphatic rings. The van der Waals surface area contributed by atoms with Crippen LogP contribution in [0.15, 0.2) is 42.5 Å². The van der Waals surface area contributed by atoms with Gasteiger partial charge in [-0.05, 0) is 36.4 Å². The minimum absolute atomic E-state index is 0.184. The molecule has 0 radical (unpaired) electrons. The number of piperazine rings is 1. The molecule has 0 bridgehead atoms. The van der Waals surface area contributed by atoms with Gasteiger partial charge < -0.3 is 19.1 Å². The van der Waals surface area contributed by atoms with Crippen LogP contribution in [0.2, 0.25) is 0 Å². The third-order valence-corrected chi connectivity index (χ3v) is 5.25. The van der Waals surface area contributed by atoms with Crippen molar-refractivity contribution >= 4 is 16.7 Å². The fraction of sp³-hybridized carbons (Fsp3) is 0.350. The molecule has 1 fully saturated rings. The number of rotatable bonds is 4. The first kappa shape index (κ1) is 16.8. The number of fused-ring (bicyclic) bond motifs is 1. The average Bonchev–Trinajstić information content (AvgIpc) is 2.98. The van der Waals surface area contributed by atoms with Crippen LogP contribution in [0.25, 0.3) is 11.0 Å². The van der Waals surface area contributed by atoms with Crippen LogP contribution >= 0.6 is 0 Å². The SMILES string of the molecule is COc1ccc2c(c1)nc(C[NH+]1CCN(c3ccc(F)cc3)CC1)n2C. The van der Waals surface area contributed by atoms with Crippen LogP contribution in [0.4, 0.5) is 10.1 Å². The molecule has 4 rings (SSSR count). The summed E-state index contributed by atoms with van der Waals surface area (Å²) >= 11 is 0. The number of aromatic nitrogens is 2. The number of quaternary nitrogens is 1. The largest absolute Gasteiger partial charge is 0.497 e. The van der Waals surface area contributed by atoms with Gasteiger partial charge in [0.2, 0.25) is 0 Å². The van der Waals surface area contributed by atoms with E-state index < -0.39 is 0 Å². The zero-order valence-electron chi connectivity index (χ0n) is 15.2. The summed E-state index contributed by atoms with van der Waals surface area (Å²) in [6.45, 7) is 4.94. The molecule has 6 heteroatoms. The Bertz CT molecular complexity index is 898. The summed E-state index contributed by atoms with van der Waals surface area (Å²) in [5.74, 6) is 1.75. The number of aryl methyl sites for hydroxylation is 1. The van der Waals surface area contributed by atoms with Gasteiger partial charge in [-0.2, -0.15) is 0 Å². The Morgan fingerprint density at radius 1 is 1.12 bits per heavy atom. The molecule has 0 amide bonds. The highest BCUT2D eigenvalue weighted by molar-refractivity contribution is 5.77. The van der Waals surface area contributed by atoms with Crippen molar-refractivity contribution in [3.05, 3.63) is 54.1 Å². The van der Waals surface area contributed by atoms with Crippen molar-refractivity contribution in [1.82, 2.24) is 9.55 Å². The zero-order valence-corrected chi connectivity index (χ0v) is 15.2. The number of hydrogen-bond acceptors (Lipinski definition) is 3. The Kier molecular flexibility index (Phi) is 4.51. The summed E-state index contributed by atoms with van der Waals surface area (Å²) in [4.78, 5) is 8.65. The van der Waals surface area contributed by atoms with Gasteiger partial charge in [0.15, 0.2) is 5.82 Å². The lowest BCUT2D eigenvalue weighted by Gasteiger charge is -2.33. The monoisotopic (exact) mass is 355 g/mol. The fourth-order valence-corrected chi connectivity index (χ4v) is 3.65. The summed E-state index contributed by atoms with van der Waals surface area (Å²) in [6.07, 6.45) is 0. The lowest BCUT2D eigenvalue weighted by Crippen LogP contribution is -3.13. The van der Waals surface area contributed by atoms with Gasteiger partial charge in [0.05, 0.1) is 44.3 Å². The van der Waals surface area contributed by atoms with Crippen LogP contribution in [0.3, 0.4) is 0 Å². The standard InChI is InChI=1S/C20H23FN4O/c1-23-19-8-7-17(26-2)13-18(19)22-20(23)14-24-9-11-25(12-10-24)16-5-3-15(21)4-6-16/h3-8,13H,9-12,14H2,1-2H3/p+1. The first-order valence-electron chi connectivity index (χ1n) is 8.97. The predicted molar refractivity (Wildman–Crippen MR) is 100 cm³/mol. The summed E-state index contributed by atoms with van der Waals surface area (Å²) in [7, 11) is 3.75. The number of benzene rings is 2. The van der Waals surface area contributed by atoms with Crippen molar-refractivity contribution < 1.29 is 14.0 Å². The third-order valence-electron chi connectivity index (χ3n) is 5.25. The second-order valence-electron chi connectivity index (χ2n) is 6.83. The second-order valence-corrected chi connectivity index (χ2v) is 6.83. The van der Waals surface area contributed by atoms with Crippen molar-refractivity contribution in [3.63, 3.8) is 0 Å². The van der Waals surface area contributed by atoms with E-state index in [1.807, 2.05) is 24.3 Å². The third kappa shape index (κ3) is 3.24. The highest BCUT2D eigenvalue weighted by Crippen LogP contribution is 2.20. The van der Waals surface area contributed by atoms with Crippen LogP contribution in [0.1, 0.15) is 5.82 Å². The Balaban J connectivity index is 1.43. The number of halogens is 1. The van der Waals surface area contributed by atoms with Crippen LogP contribution in [-0.2, 0) is 13.6 Å². The molecule has 5 nitrogen and oxygen atoms in total. The van der Waals surface area contributed by atoms with Gasteiger partial charge in [-0.15, -0.1) is 0 Å². The highest BCUT2D eigenvalue weighted by Gasteiger charge is 2.22. The molecule has 0 atom stereocenters. The van der Waals surface area contributed by atoms with E-state index in [-0.39, 0.29) is 5.82 Å².